The predicted molar refractivity (Wildman–Crippen MR) is 73.3 cm³/mol. The Hall–Kier alpha value is -1.75. The van der Waals surface area contributed by atoms with E-state index in [-0.39, 0.29) is 12.5 Å². The molecule has 0 heterocycles. The zero-order valence-corrected chi connectivity index (χ0v) is 12.2. The first-order valence-electron chi connectivity index (χ1n) is 6.92. The van der Waals surface area contributed by atoms with Crippen molar-refractivity contribution in [1.82, 2.24) is 0 Å². The number of carbonyl (C=O) groups excluding carboxylic acids is 1. The van der Waals surface area contributed by atoms with Gasteiger partial charge in [0.1, 0.15) is 6.04 Å². The number of aliphatic carboxylic acids is 1. The Kier molecular flexibility index (Phi) is 6.87. The van der Waals surface area contributed by atoms with E-state index < -0.39 is 5.97 Å². The molecule has 0 aliphatic rings. The highest BCUT2D eigenvalue weighted by Gasteiger charge is 2.13. The molecule has 5 nitrogen and oxygen atoms in total. The Bertz CT molecular complexity index is 434. The van der Waals surface area contributed by atoms with Gasteiger partial charge >= 0.3 is 0 Å². The van der Waals surface area contributed by atoms with Crippen molar-refractivity contribution in [3.8, 4) is 11.5 Å². The quantitative estimate of drug-likeness (QED) is 0.675. The molecule has 112 valence electrons. The van der Waals surface area contributed by atoms with Crippen LogP contribution in [0.15, 0.2) is 18.2 Å². The highest BCUT2D eigenvalue weighted by molar-refractivity contribution is 5.65. The molecule has 0 aromatic heterocycles. The molecule has 1 aromatic carbocycles. The Morgan fingerprint density at radius 1 is 1.35 bits per heavy atom. The summed E-state index contributed by atoms with van der Waals surface area (Å²) in [6.45, 7) is 2.79. The van der Waals surface area contributed by atoms with Gasteiger partial charge in [0.15, 0.2) is 11.5 Å². The zero-order valence-electron chi connectivity index (χ0n) is 12.2. The summed E-state index contributed by atoms with van der Waals surface area (Å²) in [5.41, 5.74) is 4.62. The maximum atomic E-state index is 10.6. The molecule has 0 aliphatic carbocycles. The summed E-state index contributed by atoms with van der Waals surface area (Å²) < 4.78 is 11.0. The molecule has 0 aliphatic heterocycles. The van der Waals surface area contributed by atoms with Gasteiger partial charge in [-0.2, -0.15) is 0 Å². The number of carbonyl (C=O) groups is 1. The molecule has 20 heavy (non-hydrogen) atoms. The molecule has 3 N–H and O–H groups in total. The van der Waals surface area contributed by atoms with E-state index in [2.05, 4.69) is 12.7 Å². The molecule has 5 heteroatoms. The number of hydrogen-bond donors (Lipinski definition) is 1. The van der Waals surface area contributed by atoms with Gasteiger partial charge in [-0.15, -0.1) is 0 Å². The number of hydrogen-bond acceptors (Lipinski definition) is 4. The standard InChI is InChI=1S/C15H23NO4/c1-3-4-5-8-20-13-7-6-11(9-14(13)19-2)12(16)10-15(17)18/h6-7,9,12H,3-5,8,10,16H2,1-2H3,(H,17,18)/t12-/m1/s1. The minimum atomic E-state index is -1.11. The average molecular weight is 281 g/mol. The fourth-order valence-electron chi connectivity index (χ4n) is 1.91. The van der Waals surface area contributed by atoms with Crippen molar-refractivity contribution in [2.24, 2.45) is 0 Å². The molecule has 0 spiro atoms. The molecule has 1 rings (SSSR count). The number of quaternary nitrogens is 1. The van der Waals surface area contributed by atoms with Gasteiger partial charge in [-0.25, -0.2) is 0 Å². The molecule has 0 saturated carbocycles. The van der Waals surface area contributed by atoms with E-state index in [0.717, 1.165) is 24.8 Å². The van der Waals surface area contributed by atoms with Crippen molar-refractivity contribution in [3.05, 3.63) is 23.8 Å². The van der Waals surface area contributed by atoms with Crippen LogP contribution in [0.25, 0.3) is 0 Å². The second-order valence-electron chi connectivity index (χ2n) is 4.74. The molecule has 0 unspecified atom stereocenters. The number of rotatable bonds is 9. The zero-order chi connectivity index (χ0) is 15.0. The molecular formula is C15H23NO4. The average Bonchev–Trinajstić information content (AvgIpc) is 2.42. The monoisotopic (exact) mass is 281 g/mol. The predicted octanol–water partition coefficient (Wildman–Crippen LogP) is 0.687. The van der Waals surface area contributed by atoms with E-state index in [1.165, 1.54) is 0 Å². The molecule has 1 aromatic rings. The second-order valence-corrected chi connectivity index (χ2v) is 4.74. The summed E-state index contributed by atoms with van der Waals surface area (Å²) in [4.78, 5) is 10.6. The Morgan fingerprint density at radius 3 is 2.70 bits per heavy atom. The van der Waals surface area contributed by atoms with Gasteiger partial charge in [-0.1, -0.05) is 19.8 Å². The lowest BCUT2D eigenvalue weighted by molar-refractivity contribution is -0.430. The van der Waals surface area contributed by atoms with Crippen LogP contribution in [0.5, 0.6) is 11.5 Å². The third-order valence-corrected chi connectivity index (χ3v) is 3.08. The molecule has 0 fully saturated rings. The summed E-state index contributed by atoms with van der Waals surface area (Å²) in [5.74, 6) is 0.169. The highest BCUT2D eigenvalue weighted by Crippen LogP contribution is 2.30. The van der Waals surface area contributed by atoms with Crippen molar-refractivity contribution in [2.45, 2.75) is 38.6 Å². The fraction of sp³-hybridized carbons (Fsp3) is 0.533. The van der Waals surface area contributed by atoms with Gasteiger partial charge in [-0.05, 0) is 24.6 Å². The van der Waals surface area contributed by atoms with E-state index in [1.807, 2.05) is 6.07 Å². The third-order valence-electron chi connectivity index (χ3n) is 3.08. The summed E-state index contributed by atoms with van der Waals surface area (Å²) >= 11 is 0. The van der Waals surface area contributed by atoms with E-state index in [0.29, 0.717) is 18.1 Å². The first-order valence-corrected chi connectivity index (χ1v) is 6.92. The number of carboxylic acid groups (broad SMARTS) is 1. The van der Waals surface area contributed by atoms with Crippen molar-refractivity contribution in [2.75, 3.05) is 13.7 Å². The van der Waals surface area contributed by atoms with Crippen LogP contribution >= 0.6 is 0 Å². The van der Waals surface area contributed by atoms with Crippen LogP contribution in [-0.2, 0) is 4.79 Å². The summed E-state index contributed by atoms with van der Waals surface area (Å²) in [6.07, 6.45) is 3.17. The summed E-state index contributed by atoms with van der Waals surface area (Å²) in [7, 11) is 1.56. The van der Waals surface area contributed by atoms with Gasteiger partial charge in [0.05, 0.1) is 13.7 Å². The normalized spacial score (nSPS) is 11.9. The van der Waals surface area contributed by atoms with E-state index in [9.17, 15) is 9.90 Å². The number of ether oxygens (including phenoxy) is 2. The maximum absolute atomic E-state index is 10.6. The van der Waals surface area contributed by atoms with Gasteiger partial charge in [0.2, 0.25) is 0 Å². The molecule has 0 amide bonds. The van der Waals surface area contributed by atoms with Gasteiger partial charge in [0.25, 0.3) is 0 Å². The molecular weight excluding hydrogens is 258 g/mol. The van der Waals surface area contributed by atoms with Crippen LogP contribution < -0.4 is 20.3 Å². The van der Waals surface area contributed by atoms with Gasteiger partial charge in [-0.3, -0.25) is 0 Å². The summed E-state index contributed by atoms with van der Waals surface area (Å²) in [5, 5.41) is 10.6. The van der Waals surface area contributed by atoms with Crippen molar-refractivity contribution in [3.63, 3.8) is 0 Å². The van der Waals surface area contributed by atoms with Crippen LogP contribution in [0.2, 0.25) is 0 Å². The molecule has 0 saturated heterocycles. The van der Waals surface area contributed by atoms with E-state index >= 15 is 0 Å². The lowest BCUT2D eigenvalue weighted by Gasteiger charge is -2.14. The number of methoxy groups -OCH3 is 1. The van der Waals surface area contributed by atoms with Crippen LogP contribution in [0.3, 0.4) is 0 Å². The maximum Gasteiger partial charge on any atom is 0.161 e. The third kappa shape index (κ3) is 5.09. The van der Waals surface area contributed by atoms with Crippen LogP contribution in [0.1, 0.15) is 44.2 Å². The van der Waals surface area contributed by atoms with Crippen molar-refractivity contribution < 1.29 is 25.1 Å². The minimum Gasteiger partial charge on any atom is -0.550 e. The second kappa shape index (κ2) is 8.43. The topological polar surface area (TPSA) is 86.2 Å². The highest BCUT2D eigenvalue weighted by atomic mass is 16.5. The molecule has 0 radical (unpaired) electrons. The van der Waals surface area contributed by atoms with Crippen molar-refractivity contribution in [1.29, 1.82) is 0 Å². The van der Waals surface area contributed by atoms with Crippen LogP contribution in [0.4, 0.5) is 0 Å². The van der Waals surface area contributed by atoms with Gasteiger partial charge in [0, 0.05) is 18.0 Å². The smallest absolute Gasteiger partial charge is 0.161 e. The lowest BCUT2D eigenvalue weighted by Crippen LogP contribution is -2.55. The first-order chi connectivity index (χ1) is 9.58. The van der Waals surface area contributed by atoms with E-state index in [4.69, 9.17) is 9.47 Å². The number of carboxylic acids is 1. The first kappa shape index (κ1) is 16.3. The number of benzene rings is 1. The fourth-order valence-corrected chi connectivity index (χ4v) is 1.91. The molecule has 0 bridgehead atoms. The molecule has 1 atom stereocenters. The minimum absolute atomic E-state index is 0.111. The lowest BCUT2D eigenvalue weighted by atomic mass is 10.0. The van der Waals surface area contributed by atoms with Crippen LogP contribution in [-0.4, -0.2) is 19.7 Å². The Labute approximate surface area is 119 Å². The summed E-state index contributed by atoms with van der Waals surface area (Å²) in [6, 6.07) is 5.03. The SMILES string of the molecule is CCCCCOc1ccc([C@H]([NH3+])CC(=O)[O-])cc1OC. The van der Waals surface area contributed by atoms with Crippen LogP contribution in [0, 0.1) is 0 Å². The number of unbranched alkanes of at least 4 members (excludes halogenated alkanes) is 2. The van der Waals surface area contributed by atoms with Gasteiger partial charge < -0.3 is 25.1 Å². The largest absolute Gasteiger partial charge is 0.550 e. The Balaban J connectivity index is 2.71. The Morgan fingerprint density at radius 2 is 2.10 bits per heavy atom. The van der Waals surface area contributed by atoms with E-state index in [1.54, 1.807) is 19.2 Å². The van der Waals surface area contributed by atoms with Crippen molar-refractivity contribution >= 4 is 5.97 Å².